The summed E-state index contributed by atoms with van der Waals surface area (Å²) in [6.45, 7) is 1.07. The van der Waals surface area contributed by atoms with Crippen LogP contribution < -0.4 is 5.32 Å². The largest absolute Gasteiger partial charge is 0.437 e. The van der Waals surface area contributed by atoms with Gasteiger partial charge < -0.3 is 9.73 Å². The average Bonchev–Trinajstić information content (AvgIpc) is 2.99. The van der Waals surface area contributed by atoms with E-state index in [1.165, 1.54) is 19.3 Å². The van der Waals surface area contributed by atoms with E-state index < -0.39 is 0 Å². The molecule has 0 amide bonds. The molecule has 100 valence electrons. The van der Waals surface area contributed by atoms with Gasteiger partial charge in [0.05, 0.1) is 11.1 Å². The van der Waals surface area contributed by atoms with Crippen molar-refractivity contribution in [3.8, 4) is 0 Å². The summed E-state index contributed by atoms with van der Waals surface area (Å²) in [4.78, 5) is 4.58. The number of oxazole rings is 1. The van der Waals surface area contributed by atoms with E-state index in [2.05, 4.69) is 10.3 Å². The molecule has 1 saturated heterocycles. The lowest BCUT2D eigenvalue weighted by Crippen LogP contribution is -2.17. The Morgan fingerprint density at radius 1 is 1.26 bits per heavy atom. The molecule has 3 nitrogen and oxygen atoms in total. The van der Waals surface area contributed by atoms with Crippen molar-refractivity contribution in [1.82, 2.24) is 10.3 Å². The number of hydrogen-bond acceptors (Lipinski definition) is 3. The number of fused-ring (bicyclic) bond motifs is 2. The predicted octanol–water partition coefficient (Wildman–Crippen LogP) is 4.20. The van der Waals surface area contributed by atoms with E-state index in [4.69, 9.17) is 27.6 Å². The molecule has 2 fully saturated rings. The van der Waals surface area contributed by atoms with Crippen LogP contribution in [0.4, 0.5) is 0 Å². The first-order valence-corrected chi connectivity index (χ1v) is 7.47. The molecule has 1 aromatic carbocycles. The van der Waals surface area contributed by atoms with Gasteiger partial charge >= 0.3 is 0 Å². The van der Waals surface area contributed by atoms with Crippen molar-refractivity contribution >= 4 is 34.3 Å². The normalized spacial score (nSPS) is 30.1. The highest BCUT2D eigenvalue weighted by atomic mass is 35.5. The zero-order valence-corrected chi connectivity index (χ0v) is 11.8. The van der Waals surface area contributed by atoms with Gasteiger partial charge in [-0.05, 0) is 43.4 Å². The summed E-state index contributed by atoms with van der Waals surface area (Å²) in [5.74, 6) is 2.19. The van der Waals surface area contributed by atoms with Crippen LogP contribution in [-0.4, -0.2) is 11.5 Å². The van der Waals surface area contributed by atoms with Gasteiger partial charge in [0.25, 0.3) is 0 Å². The molecule has 19 heavy (non-hydrogen) atoms. The van der Waals surface area contributed by atoms with Gasteiger partial charge in [0.15, 0.2) is 5.58 Å². The summed E-state index contributed by atoms with van der Waals surface area (Å²) >= 11 is 12.2. The van der Waals surface area contributed by atoms with Crippen LogP contribution in [0, 0.1) is 11.8 Å². The van der Waals surface area contributed by atoms with Crippen LogP contribution in [0.15, 0.2) is 16.5 Å². The third-order valence-corrected chi connectivity index (χ3v) is 4.94. The van der Waals surface area contributed by atoms with Gasteiger partial charge in [-0.3, -0.25) is 0 Å². The maximum Gasteiger partial charge on any atom is 0.213 e. The standard InChI is InChI=1S/C14H14Cl2N2O/c15-8-4-10(16)13-11(5-8)18-14(19-13)12-9-3-1-2-7(9)6-17-12/h4-5,7,9,12,17H,1-3,6H2. The fourth-order valence-corrected chi connectivity index (χ4v) is 4.09. The topological polar surface area (TPSA) is 38.1 Å². The third kappa shape index (κ3) is 1.87. The first-order chi connectivity index (χ1) is 9.22. The summed E-state index contributed by atoms with van der Waals surface area (Å²) in [5, 5.41) is 4.66. The maximum absolute atomic E-state index is 6.16. The van der Waals surface area contributed by atoms with E-state index in [-0.39, 0.29) is 6.04 Å². The first kappa shape index (κ1) is 12.0. The maximum atomic E-state index is 6.16. The lowest BCUT2D eigenvalue weighted by Gasteiger charge is -2.13. The monoisotopic (exact) mass is 296 g/mol. The Hall–Kier alpha value is -0.770. The quantitative estimate of drug-likeness (QED) is 0.857. The van der Waals surface area contributed by atoms with Gasteiger partial charge in [0.1, 0.15) is 5.52 Å². The summed E-state index contributed by atoms with van der Waals surface area (Å²) in [6.07, 6.45) is 3.90. The predicted molar refractivity (Wildman–Crippen MR) is 75.6 cm³/mol. The molecule has 4 rings (SSSR count). The second kappa shape index (κ2) is 4.37. The lowest BCUT2D eigenvalue weighted by atomic mass is 9.94. The Morgan fingerprint density at radius 2 is 2.16 bits per heavy atom. The van der Waals surface area contributed by atoms with E-state index in [0.29, 0.717) is 21.5 Å². The molecule has 1 aliphatic carbocycles. The highest BCUT2D eigenvalue weighted by Gasteiger charge is 2.41. The van der Waals surface area contributed by atoms with Crippen molar-refractivity contribution in [3.05, 3.63) is 28.1 Å². The van der Waals surface area contributed by atoms with E-state index in [0.717, 1.165) is 23.9 Å². The van der Waals surface area contributed by atoms with Crippen LogP contribution in [0.3, 0.4) is 0 Å². The Kier molecular flexibility index (Phi) is 2.76. The molecule has 1 aliphatic heterocycles. The smallest absolute Gasteiger partial charge is 0.213 e. The molecule has 1 N–H and O–H groups in total. The van der Waals surface area contributed by atoms with E-state index >= 15 is 0 Å². The number of hydrogen-bond donors (Lipinski definition) is 1. The van der Waals surface area contributed by atoms with Crippen molar-refractivity contribution in [3.63, 3.8) is 0 Å². The minimum absolute atomic E-state index is 0.231. The van der Waals surface area contributed by atoms with Gasteiger partial charge in [-0.15, -0.1) is 0 Å². The zero-order chi connectivity index (χ0) is 13.0. The molecule has 3 unspecified atom stereocenters. The highest BCUT2D eigenvalue weighted by Crippen LogP contribution is 2.45. The Labute approximate surface area is 121 Å². The summed E-state index contributed by atoms with van der Waals surface area (Å²) in [7, 11) is 0. The van der Waals surface area contributed by atoms with Crippen molar-refractivity contribution in [2.75, 3.05) is 6.54 Å². The van der Waals surface area contributed by atoms with Crippen LogP contribution in [0.25, 0.3) is 11.1 Å². The summed E-state index contributed by atoms with van der Waals surface area (Å²) < 4.78 is 5.88. The number of nitrogens with one attached hydrogen (secondary N) is 1. The molecule has 2 aliphatic rings. The van der Waals surface area contributed by atoms with E-state index in [1.807, 2.05) is 0 Å². The van der Waals surface area contributed by atoms with Gasteiger partial charge in [0.2, 0.25) is 5.89 Å². The zero-order valence-electron chi connectivity index (χ0n) is 10.3. The Morgan fingerprint density at radius 3 is 3.05 bits per heavy atom. The summed E-state index contributed by atoms with van der Waals surface area (Å²) in [6, 6.07) is 3.73. The Bertz CT molecular complexity index is 640. The van der Waals surface area contributed by atoms with Crippen LogP contribution in [-0.2, 0) is 0 Å². The molecule has 2 aromatic rings. The molecule has 3 atom stereocenters. The minimum atomic E-state index is 0.231. The lowest BCUT2D eigenvalue weighted by molar-refractivity contribution is 0.356. The number of nitrogens with zero attached hydrogens (tertiary/aromatic N) is 1. The molecular formula is C14H14Cl2N2O. The van der Waals surface area contributed by atoms with Crippen molar-refractivity contribution < 1.29 is 4.42 Å². The molecule has 2 heterocycles. The third-order valence-electron chi connectivity index (χ3n) is 4.44. The van der Waals surface area contributed by atoms with Crippen molar-refractivity contribution in [2.24, 2.45) is 11.8 Å². The molecular weight excluding hydrogens is 283 g/mol. The fourth-order valence-electron chi connectivity index (χ4n) is 3.57. The van der Waals surface area contributed by atoms with Crippen LogP contribution >= 0.6 is 23.2 Å². The van der Waals surface area contributed by atoms with Gasteiger partial charge in [-0.25, -0.2) is 4.98 Å². The molecule has 1 saturated carbocycles. The number of halogens is 2. The average molecular weight is 297 g/mol. The van der Waals surface area contributed by atoms with Crippen LogP contribution in [0.5, 0.6) is 0 Å². The highest BCUT2D eigenvalue weighted by molar-refractivity contribution is 6.37. The number of benzene rings is 1. The SMILES string of the molecule is Clc1cc(Cl)c2oc(C3NCC4CCCC43)nc2c1. The fraction of sp³-hybridized carbons (Fsp3) is 0.500. The van der Waals surface area contributed by atoms with Crippen LogP contribution in [0.1, 0.15) is 31.2 Å². The first-order valence-electron chi connectivity index (χ1n) is 6.71. The van der Waals surface area contributed by atoms with Crippen molar-refractivity contribution in [2.45, 2.75) is 25.3 Å². The molecule has 0 radical (unpaired) electrons. The molecule has 1 aromatic heterocycles. The second-order valence-electron chi connectivity index (χ2n) is 5.53. The number of aromatic nitrogens is 1. The van der Waals surface area contributed by atoms with E-state index in [1.54, 1.807) is 12.1 Å². The molecule has 0 spiro atoms. The van der Waals surface area contributed by atoms with Gasteiger partial charge in [0, 0.05) is 5.02 Å². The van der Waals surface area contributed by atoms with Crippen molar-refractivity contribution in [1.29, 1.82) is 0 Å². The van der Waals surface area contributed by atoms with Gasteiger partial charge in [-0.1, -0.05) is 29.6 Å². The molecule has 5 heteroatoms. The Balaban J connectivity index is 1.77. The number of rotatable bonds is 1. The summed E-state index contributed by atoms with van der Waals surface area (Å²) in [5.41, 5.74) is 1.39. The second-order valence-corrected chi connectivity index (χ2v) is 6.37. The molecule has 0 bridgehead atoms. The van der Waals surface area contributed by atoms with Gasteiger partial charge in [-0.2, -0.15) is 0 Å². The minimum Gasteiger partial charge on any atom is -0.437 e. The van der Waals surface area contributed by atoms with Crippen LogP contribution in [0.2, 0.25) is 10.0 Å². The van der Waals surface area contributed by atoms with E-state index in [9.17, 15) is 0 Å².